The molecule has 1 aliphatic heterocycles. The van der Waals surface area contributed by atoms with Crippen LogP contribution in [0.3, 0.4) is 0 Å². The number of piperidine rings is 1. The minimum atomic E-state index is -0.269. The maximum absolute atomic E-state index is 13.0. The Labute approximate surface area is 163 Å². The summed E-state index contributed by atoms with van der Waals surface area (Å²) in [6, 6.07) is 6.19. The Morgan fingerprint density at radius 3 is 2.37 bits per heavy atom. The van der Waals surface area contributed by atoms with Gasteiger partial charge in [0.15, 0.2) is 0 Å². The van der Waals surface area contributed by atoms with Gasteiger partial charge in [-0.3, -0.25) is 9.69 Å². The number of unbranched alkanes of at least 4 members (excludes halogenated alkanes) is 1. The fourth-order valence-electron chi connectivity index (χ4n) is 3.70. The van der Waals surface area contributed by atoms with Crippen molar-refractivity contribution in [3.8, 4) is 0 Å². The zero-order valence-corrected chi connectivity index (χ0v) is 17.1. The minimum absolute atomic E-state index is 0.117. The van der Waals surface area contributed by atoms with Gasteiger partial charge in [0.05, 0.1) is 12.5 Å². The molecule has 1 aromatic carbocycles. The number of hydrogen-bond acceptors (Lipinski definition) is 3. The molecular formula is C22H35FN2O2. The number of ether oxygens (including phenoxy) is 1. The number of nitrogens with zero attached hydrogens (tertiary/aromatic N) is 2. The first-order valence-electron chi connectivity index (χ1n) is 10.5. The number of carbonyl (C=O) groups excluding carboxylic acids is 1. The maximum atomic E-state index is 13.0. The number of likely N-dealkylation sites (tertiary alicyclic amines) is 1. The Morgan fingerprint density at radius 1 is 1.19 bits per heavy atom. The van der Waals surface area contributed by atoms with Crippen molar-refractivity contribution in [2.24, 2.45) is 0 Å². The molecular weight excluding hydrogens is 343 g/mol. The second-order valence-corrected chi connectivity index (χ2v) is 7.34. The monoisotopic (exact) mass is 378 g/mol. The number of carbonyl (C=O) groups is 1. The molecule has 152 valence electrons. The van der Waals surface area contributed by atoms with E-state index in [1.54, 1.807) is 12.1 Å². The van der Waals surface area contributed by atoms with Crippen molar-refractivity contribution in [3.63, 3.8) is 0 Å². The highest BCUT2D eigenvalue weighted by Gasteiger charge is 2.27. The molecule has 27 heavy (non-hydrogen) atoms. The lowest BCUT2D eigenvalue weighted by molar-refractivity contribution is -0.139. The molecule has 2 rings (SSSR count). The van der Waals surface area contributed by atoms with E-state index in [0.29, 0.717) is 6.42 Å². The summed E-state index contributed by atoms with van der Waals surface area (Å²) in [5.74, 6) is -0.152. The predicted octanol–water partition coefficient (Wildman–Crippen LogP) is 4.23. The van der Waals surface area contributed by atoms with Crippen LogP contribution in [0.1, 0.15) is 58.4 Å². The van der Waals surface area contributed by atoms with Crippen molar-refractivity contribution in [3.05, 3.63) is 35.6 Å². The van der Waals surface area contributed by atoms with Crippen molar-refractivity contribution >= 4 is 5.91 Å². The molecule has 1 amide bonds. The third-order valence-electron chi connectivity index (χ3n) is 5.44. The normalized spacial score (nSPS) is 16.7. The second kappa shape index (κ2) is 11.4. The largest absolute Gasteiger partial charge is 0.360 e. The van der Waals surface area contributed by atoms with Gasteiger partial charge in [-0.2, -0.15) is 0 Å². The van der Waals surface area contributed by atoms with E-state index in [0.717, 1.165) is 51.0 Å². The number of amides is 1. The number of halogens is 1. The Bertz CT molecular complexity index is 552. The topological polar surface area (TPSA) is 32.8 Å². The van der Waals surface area contributed by atoms with Gasteiger partial charge in [-0.25, -0.2) is 4.39 Å². The number of hydrogen-bond donors (Lipinski definition) is 0. The van der Waals surface area contributed by atoms with Gasteiger partial charge in [0.1, 0.15) is 12.0 Å². The fraction of sp³-hybridized carbons (Fsp3) is 0.682. The molecule has 1 atom stereocenters. The van der Waals surface area contributed by atoms with E-state index in [-0.39, 0.29) is 24.1 Å². The SMILES string of the molecule is CCCCC(OC1CCN(C(=O)Cc2ccc(F)cc2)CC1)N(CC)CC. The highest BCUT2D eigenvalue weighted by molar-refractivity contribution is 5.78. The Hall–Kier alpha value is -1.46. The maximum Gasteiger partial charge on any atom is 0.226 e. The molecule has 1 unspecified atom stereocenters. The smallest absolute Gasteiger partial charge is 0.226 e. The van der Waals surface area contributed by atoms with Gasteiger partial charge in [-0.05, 0) is 56.5 Å². The summed E-state index contributed by atoms with van der Waals surface area (Å²) in [6.07, 6.45) is 5.95. The van der Waals surface area contributed by atoms with E-state index < -0.39 is 0 Å². The molecule has 4 nitrogen and oxygen atoms in total. The van der Waals surface area contributed by atoms with Crippen molar-refractivity contribution in [1.82, 2.24) is 9.80 Å². The summed E-state index contributed by atoms with van der Waals surface area (Å²) < 4.78 is 19.4. The van der Waals surface area contributed by atoms with Crippen molar-refractivity contribution < 1.29 is 13.9 Å². The van der Waals surface area contributed by atoms with Crippen LogP contribution < -0.4 is 0 Å². The number of rotatable bonds is 10. The summed E-state index contributed by atoms with van der Waals surface area (Å²) in [5, 5.41) is 0. The Morgan fingerprint density at radius 2 is 1.81 bits per heavy atom. The summed E-state index contributed by atoms with van der Waals surface area (Å²) in [4.78, 5) is 16.8. The zero-order valence-electron chi connectivity index (χ0n) is 17.1. The molecule has 0 aliphatic carbocycles. The van der Waals surface area contributed by atoms with Crippen molar-refractivity contribution in [1.29, 1.82) is 0 Å². The molecule has 0 aromatic heterocycles. The van der Waals surface area contributed by atoms with Crippen LogP contribution in [0.4, 0.5) is 4.39 Å². The van der Waals surface area contributed by atoms with Gasteiger partial charge in [-0.1, -0.05) is 39.3 Å². The van der Waals surface area contributed by atoms with E-state index in [2.05, 4.69) is 25.7 Å². The van der Waals surface area contributed by atoms with Crippen LogP contribution >= 0.6 is 0 Å². The standard InChI is InChI=1S/C22H35FN2O2/c1-4-7-8-22(24(5-2)6-3)27-20-13-15-25(16-14-20)21(26)17-18-9-11-19(23)12-10-18/h9-12,20,22H,4-8,13-17H2,1-3H3. The highest BCUT2D eigenvalue weighted by atomic mass is 19.1. The van der Waals surface area contributed by atoms with E-state index in [9.17, 15) is 9.18 Å². The first-order chi connectivity index (χ1) is 13.1. The molecule has 0 bridgehead atoms. The van der Waals surface area contributed by atoms with Gasteiger partial charge in [-0.15, -0.1) is 0 Å². The van der Waals surface area contributed by atoms with Gasteiger partial charge in [0.25, 0.3) is 0 Å². The van der Waals surface area contributed by atoms with Gasteiger partial charge >= 0.3 is 0 Å². The lowest BCUT2D eigenvalue weighted by atomic mass is 10.1. The van der Waals surface area contributed by atoms with E-state index in [4.69, 9.17) is 4.74 Å². The van der Waals surface area contributed by atoms with Crippen LogP contribution in [0, 0.1) is 5.82 Å². The molecule has 0 spiro atoms. The third-order valence-corrected chi connectivity index (χ3v) is 5.44. The quantitative estimate of drug-likeness (QED) is 0.571. The van der Waals surface area contributed by atoms with Gasteiger partial charge in [0, 0.05) is 13.1 Å². The highest BCUT2D eigenvalue weighted by Crippen LogP contribution is 2.20. The first kappa shape index (κ1) is 21.8. The second-order valence-electron chi connectivity index (χ2n) is 7.34. The lowest BCUT2D eigenvalue weighted by Crippen LogP contribution is -2.45. The molecule has 0 N–H and O–H groups in total. The zero-order chi connectivity index (χ0) is 19.6. The first-order valence-corrected chi connectivity index (χ1v) is 10.5. The molecule has 1 fully saturated rings. The number of benzene rings is 1. The predicted molar refractivity (Wildman–Crippen MR) is 107 cm³/mol. The van der Waals surface area contributed by atoms with Crippen LogP contribution in [-0.4, -0.2) is 54.2 Å². The van der Waals surface area contributed by atoms with Crippen LogP contribution in [0.25, 0.3) is 0 Å². The van der Waals surface area contributed by atoms with Gasteiger partial charge in [0.2, 0.25) is 5.91 Å². The van der Waals surface area contributed by atoms with Crippen LogP contribution in [0.5, 0.6) is 0 Å². The summed E-state index contributed by atoms with van der Waals surface area (Å²) >= 11 is 0. The van der Waals surface area contributed by atoms with Crippen molar-refractivity contribution in [2.75, 3.05) is 26.2 Å². The fourth-order valence-corrected chi connectivity index (χ4v) is 3.70. The average Bonchev–Trinajstić information content (AvgIpc) is 2.69. The molecule has 0 radical (unpaired) electrons. The lowest BCUT2D eigenvalue weighted by Gasteiger charge is -2.37. The summed E-state index contributed by atoms with van der Waals surface area (Å²) in [5.41, 5.74) is 0.862. The molecule has 1 aromatic rings. The molecule has 1 saturated heterocycles. The molecule has 1 heterocycles. The van der Waals surface area contributed by atoms with Crippen LogP contribution in [0.15, 0.2) is 24.3 Å². The molecule has 1 aliphatic rings. The molecule has 5 heteroatoms. The molecule has 0 saturated carbocycles. The van der Waals surface area contributed by atoms with Gasteiger partial charge < -0.3 is 9.64 Å². The van der Waals surface area contributed by atoms with Crippen molar-refractivity contribution in [2.45, 2.75) is 71.6 Å². The summed E-state index contributed by atoms with van der Waals surface area (Å²) in [7, 11) is 0. The van der Waals surface area contributed by atoms with E-state index in [1.165, 1.54) is 25.0 Å². The average molecular weight is 379 g/mol. The summed E-state index contributed by atoms with van der Waals surface area (Å²) in [6.45, 7) is 10.1. The Kier molecular flexibility index (Phi) is 9.22. The van der Waals surface area contributed by atoms with Crippen LogP contribution in [0.2, 0.25) is 0 Å². The van der Waals surface area contributed by atoms with E-state index in [1.807, 2.05) is 4.90 Å². The van der Waals surface area contributed by atoms with E-state index >= 15 is 0 Å². The van der Waals surface area contributed by atoms with Crippen LogP contribution in [-0.2, 0) is 16.0 Å². The Balaban J connectivity index is 1.82. The third kappa shape index (κ3) is 6.89. The minimum Gasteiger partial charge on any atom is -0.360 e.